The maximum atomic E-state index is 5.79. The predicted molar refractivity (Wildman–Crippen MR) is 73.8 cm³/mol. The van der Waals surface area contributed by atoms with Gasteiger partial charge in [-0.15, -0.1) is 0 Å². The quantitative estimate of drug-likeness (QED) is 0.840. The number of halogens is 1. The molecular formula is C13H19BrN2O. The molecule has 4 heteroatoms. The molecule has 3 N–H and O–H groups in total. The van der Waals surface area contributed by atoms with Gasteiger partial charge in [-0.3, -0.25) is 0 Å². The highest BCUT2D eigenvalue weighted by atomic mass is 79.9. The molecule has 1 heterocycles. The molecule has 1 saturated heterocycles. The van der Waals surface area contributed by atoms with Gasteiger partial charge < -0.3 is 15.8 Å². The van der Waals surface area contributed by atoms with Crippen LogP contribution < -0.4 is 11.1 Å². The third-order valence-corrected chi connectivity index (χ3v) is 4.13. The van der Waals surface area contributed by atoms with Crippen LogP contribution >= 0.6 is 15.9 Å². The summed E-state index contributed by atoms with van der Waals surface area (Å²) >= 11 is 3.54. The van der Waals surface area contributed by atoms with Gasteiger partial charge in [0.05, 0.1) is 6.61 Å². The van der Waals surface area contributed by atoms with Gasteiger partial charge in [-0.1, -0.05) is 15.9 Å². The van der Waals surface area contributed by atoms with Crippen molar-refractivity contribution in [3.8, 4) is 0 Å². The largest absolute Gasteiger partial charge is 0.399 e. The molecule has 0 bridgehead atoms. The van der Waals surface area contributed by atoms with Crippen molar-refractivity contribution in [1.82, 2.24) is 5.32 Å². The molecular weight excluding hydrogens is 280 g/mol. The summed E-state index contributed by atoms with van der Waals surface area (Å²) in [5.74, 6) is 0.634. The lowest BCUT2D eigenvalue weighted by molar-refractivity contribution is 0.178. The standard InChI is InChI=1S/C13H19BrN2O/c1-9(10-4-5-17-8-10)16-7-11-6-12(15)2-3-13(11)14/h2-3,6,9-10,16H,4-5,7-8,15H2,1H3. The van der Waals surface area contributed by atoms with Crippen LogP contribution in [0.3, 0.4) is 0 Å². The summed E-state index contributed by atoms with van der Waals surface area (Å²) in [6.07, 6.45) is 1.16. The number of nitrogen functional groups attached to an aromatic ring is 1. The van der Waals surface area contributed by atoms with E-state index in [-0.39, 0.29) is 0 Å². The van der Waals surface area contributed by atoms with E-state index in [4.69, 9.17) is 10.5 Å². The summed E-state index contributed by atoms with van der Waals surface area (Å²) in [6.45, 7) is 4.84. The molecule has 1 fully saturated rings. The normalized spacial score (nSPS) is 21.6. The maximum Gasteiger partial charge on any atom is 0.0509 e. The minimum atomic E-state index is 0.478. The van der Waals surface area contributed by atoms with Gasteiger partial charge in [-0.05, 0) is 43.0 Å². The lowest BCUT2D eigenvalue weighted by Gasteiger charge is -2.19. The zero-order valence-electron chi connectivity index (χ0n) is 10.1. The first kappa shape index (κ1) is 12.9. The predicted octanol–water partition coefficient (Wildman–Crippen LogP) is 2.55. The van der Waals surface area contributed by atoms with Crippen LogP contribution in [0.5, 0.6) is 0 Å². The number of hydrogen-bond donors (Lipinski definition) is 2. The summed E-state index contributed by atoms with van der Waals surface area (Å²) in [4.78, 5) is 0. The van der Waals surface area contributed by atoms with Gasteiger partial charge >= 0.3 is 0 Å². The minimum absolute atomic E-state index is 0.478. The SMILES string of the molecule is CC(NCc1cc(N)ccc1Br)C1CCOC1. The Morgan fingerprint density at radius 3 is 3.12 bits per heavy atom. The maximum absolute atomic E-state index is 5.79. The number of nitrogens with two attached hydrogens (primary N) is 1. The molecule has 0 radical (unpaired) electrons. The Bertz CT molecular complexity index is 378. The molecule has 1 aliphatic heterocycles. The Morgan fingerprint density at radius 2 is 2.41 bits per heavy atom. The van der Waals surface area contributed by atoms with Crippen LogP contribution in [0.15, 0.2) is 22.7 Å². The average Bonchev–Trinajstić information content (AvgIpc) is 2.83. The number of rotatable bonds is 4. The second-order valence-corrected chi connectivity index (χ2v) is 5.50. The molecule has 3 nitrogen and oxygen atoms in total. The molecule has 0 spiro atoms. The van der Waals surface area contributed by atoms with Crippen molar-refractivity contribution in [2.45, 2.75) is 25.9 Å². The molecule has 0 aromatic heterocycles. The van der Waals surface area contributed by atoms with Crippen LogP contribution in [0.4, 0.5) is 5.69 Å². The van der Waals surface area contributed by atoms with Crippen molar-refractivity contribution >= 4 is 21.6 Å². The van der Waals surface area contributed by atoms with E-state index < -0.39 is 0 Å². The van der Waals surface area contributed by atoms with E-state index in [2.05, 4.69) is 28.2 Å². The molecule has 94 valence electrons. The van der Waals surface area contributed by atoms with E-state index in [1.807, 2.05) is 18.2 Å². The van der Waals surface area contributed by atoms with Crippen LogP contribution in [0.25, 0.3) is 0 Å². The molecule has 2 unspecified atom stereocenters. The van der Waals surface area contributed by atoms with Gasteiger partial charge in [-0.25, -0.2) is 0 Å². The molecule has 1 aromatic carbocycles. The summed E-state index contributed by atoms with van der Waals surface area (Å²) in [7, 11) is 0. The zero-order chi connectivity index (χ0) is 12.3. The Kier molecular flexibility index (Phi) is 4.42. The number of hydrogen-bond acceptors (Lipinski definition) is 3. The molecule has 2 atom stereocenters. The summed E-state index contributed by atoms with van der Waals surface area (Å²) in [5.41, 5.74) is 7.80. The second-order valence-electron chi connectivity index (χ2n) is 4.64. The van der Waals surface area contributed by atoms with Gasteiger partial charge in [0.15, 0.2) is 0 Å². The van der Waals surface area contributed by atoms with Crippen LogP contribution in [0.1, 0.15) is 18.9 Å². The van der Waals surface area contributed by atoms with E-state index in [9.17, 15) is 0 Å². The van der Waals surface area contributed by atoms with E-state index in [0.29, 0.717) is 12.0 Å². The van der Waals surface area contributed by atoms with Crippen molar-refractivity contribution < 1.29 is 4.74 Å². The number of anilines is 1. The Labute approximate surface area is 111 Å². The molecule has 2 rings (SSSR count). The fourth-order valence-corrected chi connectivity index (χ4v) is 2.50. The first-order chi connectivity index (χ1) is 8.16. The average molecular weight is 299 g/mol. The smallest absolute Gasteiger partial charge is 0.0509 e. The summed E-state index contributed by atoms with van der Waals surface area (Å²) in [5, 5.41) is 3.54. The summed E-state index contributed by atoms with van der Waals surface area (Å²) in [6, 6.07) is 6.39. The molecule has 1 aromatic rings. The molecule has 17 heavy (non-hydrogen) atoms. The first-order valence-corrected chi connectivity index (χ1v) is 6.81. The molecule has 0 aliphatic carbocycles. The highest BCUT2D eigenvalue weighted by Gasteiger charge is 2.21. The van der Waals surface area contributed by atoms with Crippen LogP contribution in [0, 0.1) is 5.92 Å². The van der Waals surface area contributed by atoms with E-state index in [0.717, 1.165) is 36.3 Å². The van der Waals surface area contributed by atoms with Crippen molar-refractivity contribution in [3.05, 3.63) is 28.2 Å². The minimum Gasteiger partial charge on any atom is -0.399 e. The lowest BCUT2D eigenvalue weighted by atomic mass is 10.0. The molecule has 1 aliphatic rings. The van der Waals surface area contributed by atoms with E-state index in [1.54, 1.807) is 0 Å². The van der Waals surface area contributed by atoms with Gasteiger partial charge in [0.2, 0.25) is 0 Å². The first-order valence-electron chi connectivity index (χ1n) is 6.02. The van der Waals surface area contributed by atoms with Crippen LogP contribution in [-0.4, -0.2) is 19.3 Å². The van der Waals surface area contributed by atoms with E-state index >= 15 is 0 Å². The third kappa shape index (κ3) is 3.44. The van der Waals surface area contributed by atoms with Crippen molar-refractivity contribution in [1.29, 1.82) is 0 Å². The van der Waals surface area contributed by atoms with Gasteiger partial charge in [0, 0.05) is 29.4 Å². The van der Waals surface area contributed by atoms with Gasteiger partial charge in [0.1, 0.15) is 0 Å². The second kappa shape index (κ2) is 5.85. The Morgan fingerprint density at radius 1 is 1.59 bits per heavy atom. The van der Waals surface area contributed by atoms with Gasteiger partial charge in [-0.2, -0.15) is 0 Å². The number of nitrogens with one attached hydrogen (secondary N) is 1. The highest BCUT2D eigenvalue weighted by Crippen LogP contribution is 2.21. The highest BCUT2D eigenvalue weighted by molar-refractivity contribution is 9.10. The number of benzene rings is 1. The zero-order valence-corrected chi connectivity index (χ0v) is 11.7. The van der Waals surface area contributed by atoms with Crippen LogP contribution in [-0.2, 0) is 11.3 Å². The van der Waals surface area contributed by atoms with Crippen molar-refractivity contribution in [2.24, 2.45) is 5.92 Å². The van der Waals surface area contributed by atoms with Crippen molar-refractivity contribution in [3.63, 3.8) is 0 Å². The third-order valence-electron chi connectivity index (χ3n) is 3.36. The fourth-order valence-electron chi connectivity index (χ4n) is 2.11. The lowest BCUT2D eigenvalue weighted by Crippen LogP contribution is -2.33. The summed E-state index contributed by atoms with van der Waals surface area (Å²) < 4.78 is 6.51. The Balaban J connectivity index is 1.90. The van der Waals surface area contributed by atoms with Crippen LogP contribution in [0.2, 0.25) is 0 Å². The Hall–Kier alpha value is -0.580. The topological polar surface area (TPSA) is 47.3 Å². The monoisotopic (exact) mass is 298 g/mol. The molecule has 0 saturated carbocycles. The van der Waals surface area contributed by atoms with E-state index in [1.165, 1.54) is 5.56 Å². The van der Waals surface area contributed by atoms with Gasteiger partial charge in [0.25, 0.3) is 0 Å². The fraction of sp³-hybridized carbons (Fsp3) is 0.538. The number of ether oxygens (including phenoxy) is 1. The van der Waals surface area contributed by atoms with Crippen molar-refractivity contribution in [2.75, 3.05) is 18.9 Å². The molecule has 0 amide bonds.